The third-order valence-corrected chi connectivity index (χ3v) is 3.20. The van der Waals surface area contributed by atoms with E-state index in [1.54, 1.807) is 14.1 Å². The smallest absolute Gasteiger partial charge is 0.313 e. The Morgan fingerprint density at radius 1 is 1.47 bits per heavy atom. The molecule has 0 bridgehead atoms. The van der Waals surface area contributed by atoms with Gasteiger partial charge in [-0.05, 0) is 0 Å². The lowest BCUT2D eigenvalue weighted by Gasteiger charge is -1.96. The van der Waals surface area contributed by atoms with E-state index in [-0.39, 0.29) is 11.3 Å². The number of hydrogen-bond donors (Lipinski definition) is 1. The Morgan fingerprint density at radius 2 is 2.18 bits per heavy atom. The minimum atomic E-state index is -0.945. The first-order valence-corrected chi connectivity index (χ1v) is 5.73. The van der Waals surface area contributed by atoms with E-state index in [2.05, 4.69) is 10.2 Å². The standard InChI is InChI=1S/C9H10N4O3S/c1-12-5-3-10-13(2)9(16)7(5)8(11-12)17-4-6(14)15/h3H,4H2,1-2H3,(H,14,15). The number of carbonyl (C=O) groups is 1. The van der Waals surface area contributed by atoms with Crippen LogP contribution < -0.4 is 5.56 Å². The maximum atomic E-state index is 11.9. The zero-order valence-electron chi connectivity index (χ0n) is 9.25. The van der Waals surface area contributed by atoms with Gasteiger partial charge in [-0.25, -0.2) is 4.68 Å². The minimum Gasteiger partial charge on any atom is -0.481 e. The quantitative estimate of drug-likeness (QED) is 0.766. The number of thioether (sulfide) groups is 1. The maximum Gasteiger partial charge on any atom is 0.313 e. The molecule has 8 heteroatoms. The highest BCUT2D eigenvalue weighted by atomic mass is 32.2. The van der Waals surface area contributed by atoms with Crippen LogP contribution in [0.1, 0.15) is 0 Å². The van der Waals surface area contributed by atoms with Crippen LogP contribution in [-0.4, -0.2) is 36.4 Å². The topological polar surface area (TPSA) is 90.0 Å². The average Bonchev–Trinajstić information content (AvgIpc) is 2.58. The molecule has 0 saturated carbocycles. The number of aliphatic carboxylic acids is 1. The third kappa shape index (κ3) is 2.03. The van der Waals surface area contributed by atoms with Crippen LogP contribution in [0.15, 0.2) is 16.0 Å². The van der Waals surface area contributed by atoms with Crippen LogP contribution in [0.4, 0.5) is 0 Å². The zero-order chi connectivity index (χ0) is 12.6. The van der Waals surface area contributed by atoms with Crippen LogP contribution in [0.25, 0.3) is 10.9 Å². The first-order valence-electron chi connectivity index (χ1n) is 4.74. The van der Waals surface area contributed by atoms with Crippen molar-refractivity contribution in [3.05, 3.63) is 16.6 Å². The van der Waals surface area contributed by atoms with Gasteiger partial charge >= 0.3 is 5.97 Å². The molecule has 2 aromatic rings. The Balaban J connectivity index is 2.60. The average molecular weight is 254 g/mol. The van der Waals surface area contributed by atoms with E-state index in [0.29, 0.717) is 15.9 Å². The van der Waals surface area contributed by atoms with Crippen molar-refractivity contribution in [2.45, 2.75) is 5.03 Å². The summed E-state index contributed by atoms with van der Waals surface area (Å²) < 4.78 is 2.72. The van der Waals surface area contributed by atoms with Crippen LogP contribution >= 0.6 is 11.8 Å². The number of hydrogen-bond acceptors (Lipinski definition) is 5. The van der Waals surface area contributed by atoms with E-state index in [0.717, 1.165) is 11.8 Å². The second kappa shape index (κ2) is 4.21. The molecular formula is C9H10N4O3S. The lowest BCUT2D eigenvalue weighted by Crippen LogP contribution is -2.19. The van der Waals surface area contributed by atoms with Crippen molar-refractivity contribution in [1.29, 1.82) is 0 Å². The fourth-order valence-electron chi connectivity index (χ4n) is 1.45. The Morgan fingerprint density at radius 3 is 2.82 bits per heavy atom. The molecule has 0 saturated heterocycles. The number of nitrogens with zero attached hydrogens (tertiary/aromatic N) is 4. The van der Waals surface area contributed by atoms with E-state index in [4.69, 9.17) is 5.11 Å². The lowest BCUT2D eigenvalue weighted by atomic mass is 10.4. The van der Waals surface area contributed by atoms with Gasteiger partial charge in [0.15, 0.2) is 0 Å². The van der Waals surface area contributed by atoms with Crippen molar-refractivity contribution in [3.8, 4) is 0 Å². The Hall–Kier alpha value is -1.83. The lowest BCUT2D eigenvalue weighted by molar-refractivity contribution is -0.133. The number of aryl methyl sites for hydroxylation is 2. The van der Waals surface area contributed by atoms with Gasteiger partial charge in [0, 0.05) is 14.1 Å². The predicted molar refractivity (Wildman–Crippen MR) is 62.1 cm³/mol. The molecule has 0 amide bonds. The van der Waals surface area contributed by atoms with Gasteiger partial charge in [-0.15, -0.1) is 0 Å². The summed E-state index contributed by atoms with van der Waals surface area (Å²) in [6.07, 6.45) is 1.54. The van der Waals surface area contributed by atoms with Gasteiger partial charge in [0.1, 0.15) is 10.4 Å². The van der Waals surface area contributed by atoms with Crippen LogP contribution in [0.3, 0.4) is 0 Å². The fourth-order valence-corrected chi connectivity index (χ4v) is 2.22. The molecule has 7 nitrogen and oxygen atoms in total. The molecule has 17 heavy (non-hydrogen) atoms. The van der Waals surface area contributed by atoms with Crippen LogP contribution in [0.5, 0.6) is 0 Å². The van der Waals surface area contributed by atoms with E-state index in [1.165, 1.54) is 15.6 Å². The Labute approximate surface area is 100 Å². The number of rotatable bonds is 3. The summed E-state index contributed by atoms with van der Waals surface area (Å²) in [5, 5.41) is 17.5. The molecule has 0 atom stereocenters. The highest BCUT2D eigenvalue weighted by Gasteiger charge is 2.15. The van der Waals surface area contributed by atoms with Crippen molar-refractivity contribution in [2.24, 2.45) is 14.1 Å². The molecule has 0 aliphatic rings. The molecular weight excluding hydrogens is 244 g/mol. The summed E-state index contributed by atoms with van der Waals surface area (Å²) in [5.74, 6) is -1.07. The minimum absolute atomic E-state index is 0.127. The van der Waals surface area contributed by atoms with Gasteiger partial charge in [-0.3, -0.25) is 14.3 Å². The van der Waals surface area contributed by atoms with Crippen molar-refractivity contribution >= 4 is 28.6 Å². The van der Waals surface area contributed by atoms with E-state index >= 15 is 0 Å². The summed E-state index contributed by atoms with van der Waals surface area (Å²) >= 11 is 1.03. The normalized spacial score (nSPS) is 10.9. The molecule has 2 rings (SSSR count). The molecule has 1 N–H and O–H groups in total. The molecule has 2 heterocycles. The monoisotopic (exact) mass is 254 g/mol. The predicted octanol–water partition coefficient (Wildman–Crippen LogP) is -0.156. The van der Waals surface area contributed by atoms with Crippen molar-refractivity contribution < 1.29 is 9.90 Å². The first-order chi connectivity index (χ1) is 8.00. The highest BCUT2D eigenvalue weighted by Crippen LogP contribution is 2.23. The second-order valence-electron chi connectivity index (χ2n) is 3.44. The number of carboxylic acids is 1. The molecule has 0 unspecified atom stereocenters. The molecule has 90 valence electrons. The SMILES string of the molecule is Cn1ncc2c(c(SCC(=O)O)nn2C)c1=O. The third-order valence-electron chi connectivity index (χ3n) is 2.25. The first kappa shape index (κ1) is 11.6. The molecule has 0 aliphatic carbocycles. The van der Waals surface area contributed by atoms with Gasteiger partial charge in [0.05, 0.1) is 17.5 Å². The van der Waals surface area contributed by atoms with Crippen molar-refractivity contribution in [2.75, 3.05) is 5.75 Å². The van der Waals surface area contributed by atoms with E-state index in [1.807, 2.05) is 0 Å². The molecule has 0 fully saturated rings. The molecule has 0 aliphatic heterocycles. The summed E-state index contributed by atoms with van der Waals surface area (Å²) in [6.45, 7) is 0. The fraction of sp³-hybridized carbons (Fsp3) is 0.333. The second-order valence-corrected chi connectivity index (χ2v) is 4.41. The van der Waals surface area contributed by atoms with E-state index < -0.39 is 5.97 Å². The summed E-state index contributed by atoms with van der Waals surface area (Å²) in [5.41, 5.74) is 0.324. The number of aromatic nitrogens is 4. The summed E-state index contributed by atoms with van der Waals surface area (Å²) in [6, 6.07) is 0. The van der Waals surface area contributed by atoms with Crippen LogP contribution in [-0.2, 0) is 18.9 Å². The van der Waals surface area contributed by atoms with Gasteiger partial charge in [-0.1, -0.05) is 11.8 Å². The number of fused-ring (bicyclic) bond motifs is 1. The molecule has 0 radical (unpaired) electrons. The largest absolute Gasteiger partial charge is 0.481 e. The van der Waals surface area contributed by atoms with Crippen LogP contribution in [0, 0.1) is 0 Å². The molecule has 0 spiro atoms. The Bertz CT molecular complexity index is 645. The highest BCUT2D eigenvalue weighted by molar-refractivity contribution is 8.00. The van der Waals surface area contributed by atoms with Gasteiger partial charge < -0.3 is 5.11 Å². The molecule has 2 aromatic heterocycles. The van der Waals surface area contributed by atoms with Crippen molar-refractivity contribution in [3.63, 3.8) is 0 Å². The molecule has 0 aromatic carbocycles. The summed E-state index contributed by atoms with van der Waals surface area (Å²) in [7, 11) is 3.23. The summed E-state index contributed by atoms with van der Waals surface area (Å²) in [4.78, 5) is 22.4. The van der Waals surface area contributed by atoms with Crippen LogP contribution in [0.2, 0.25) is 0 Å². The number of carboxylic acid groups (broad SMARTS) is 1. The Kier molecular flexibility index (Phi) is 2.88. The van der Waals surface area contributed by atoms with E-state index in [9.17, 15) is 9.59 Å². The van der Waals surface area contributed by atoms with Gasteiger partial charge in [-0.2, -0.15) is 10.2 Å². The maximum absolute atomic E-state index is 11.9. The van der Waals surface area contributed by atoms with Gasteiger partial charge in [0.25, 0.3) is 5.56 Å². The van der Waals surface area contributed by atoms with Gasteiger partial charge in [0.2, 0.25) is 0 Å². The zero-order valence-corrected chi connectivity index (χ0v) is 10.1. The van der Waals surface area contributed by atoms with Crippen molar-refractivity contribution in [1.82, 2.24) is 19.6 Å².